The molecule has 0 bridgehead atoms. The van der Waals surface area contributed by atoms with Crippen molar-refractivity contribution in [2.75, 3.05) is 11.5 Å². The first-order valence-corrected chi connectivity index (χ1v) is 5.28. The first kappa shape index (κ1) is 11.7. The molecule has 0 radical (unpaired) electrons. The van der Waals surface area contributed by atoms with Crippen LogP contribution in [0.3, 0.4) is 0 Å². The van der Waals surface area contributed by atoms with Crippen LogP contribution in [0.4, 0.5) is 5.69 Å². The first-order valence-electron chi connectivity index (χ1n) is 4.65. The average Bonchev–Trinajstić information content (AvgIpc) is 2.20. The first-order chi connectivity index (χ1) is 7.15. The number of nitrogen functional groups attached to an aromatic ring is 1. The van der Waals surface area contributed by atoms with E-state index in [1.165, 1.54) is 6.92 Å². The van der Waals surface area contributed by atoms with E-state index in [1.807, 2.05) is 0 Å². The molecule has 1 aromatic carbocycles. The second kappa shape index (κ2) is 5.47. The summed E-state index contributed by atoms with van der Waals surface area (Å²) in [5.74, 6) is 6.64. The lowest BCUT2D eigenvalue weighted by Gasteiger charge is -2.00. The van der Waals surface area contributed by atoms with Crippen molar-refractivity contribution in [2.24, 2.45) is 0 Å². The summed E-state index contributed by atoms with van der Waals surface area (Å²) >= 11 is 4.06. The number of ketones is 1. The van der Waals surface area contributed by atoms with Crippen LogP contribution in [0.2, 0.25) is 0 Å². The molecular formula is C12H13NOS. The fraction of sp³-hybridized carbons (Fsp3) is 0.250. The van der Waals surface area contributed by atoms with Crippen LogP contribution >= 0.6 is 12.6 Å². The molecule has 1 aromatic rings. The summed E-state index contributed by atoms with van der Waals surface area (Å²) in [5, 5.41) is 0. The van der Waals surface area contributed by atoms with Gasteiger partial charge in [-0.2, -0.15) is 12.6 Å². The van der Waals surface area contributed by atoms with Crippen LogP contribution in [0.5, 0.6) is 0 Å². The molecule has 2 nitrogen and oxygen atoms in total. The molecule has 0 aliphatic carbocycles. The van der Waals surface area contributed by atoms with Crippen LogP contribution in [0.25, 0.3) is 0 Å². The third-order valence-electron chi connectivity index (χ3n) is 1.92. The van der Waals surface area contributed by atoms with E-state index in [4.69, 9.17) is 5.73 Å². The van der Waals surface area contributed by atoms with E-state index in [1.54, 1.807) is 18.2 Å². The molecule has 2 N–H and O–H groups in total. The van der Waals surface area contributed by atoms with Crippen LogP contribution in [-0.4, -0.2) is 11.5 Å². The van der Waals surface area contributed by atoms with E-state index in [2.05, 4.69) is 24.5 Å². The lowest BCUT2D eigenvalue weighted by Crippen LogP contribution is -1.96. The van der Waals surface area contributed by atoms with E-state index >= 15 is 0 Å². The average molecular weight is 219 g/mol. The third-order valence-corrected chi connectivity index (χ3v) is 2.14. The van der Waals surface area contributed by atoms with Crippen molar-refractivity contribution in [3.63, 3.8) is 0 Å². The smallest absolute Gasteiger partial charge is 0.159 e. The van der Waals surface area contributed by atoms with Gasteiger partial charge in [0, 0.05) is 29.0 Å². The SMILES string of the molecule is CC(=O)c1ccc(C#CCCS)c(N)c1. The van der Waals surface area contributed by atoms with Gasteiger partial charge in [0.15, 0.2) is 5.78 Å². The Morgan fingerprint density at radius 1 is 1.53 bits per heavy atom. The molecule has 0 aliphatic heterocycles. The highest BCUT2D eigenvalue weighted by Gasteiger charge is 2.01. The Hall–Kier alpha value is -1.40. The molecule has 3 heteroatoms. The molecule has 78 valence electrons. The molecule has 0 spiro atoms. The van der Waals surface area contributed by atoms with E-state index < -0.39 is 0 Å². The Morgan fingerprint density at radius 2 is 2.27 bits per heavy atom. The summed E-state index contributed by atoms with van der Waals surface area (Å²) in [6.45, 7) is 1.51. The standard InChI is InChI=1S/C12H13NOS/c1-9(14)11-6-5-10(12(13)8-11)4-2-3-7-15/h5-6,8,15H,3,7,13H2,1H3. The number of benzene rings is 1. The van der Waals surface area contributed by atoms with Crippen molar-refractivity contribution >= 4 is 24.1 Å². The molecule has 0 saturated heterocycles. The van der Waals surface area contributed by atoms with E-state index in [-0.39, 0.29) is 5.78 Å². The summed E-state index contributed by atoms with van der Waals surface area (Å²) in [5.41, 5.74) is 7.70. The van der Waals surface area contributed by atoms with Gasteiger partial charge in [-0.1, -0.05) is 17.9 Å². The third kappa shape index (κ3) is 3.34. The van der Waals surface area contributed by atoms with Gasteiger partial charge in [-0.15, -0.1) is 0 Å². The molecular weight excluding hydrogens is 206 g/mol. The second-order valence-electron chi connectivity index (χ2n) is 3.13. The number of carbonyl (C=O) groups is 1. The molecule has 0 amide bonds. The maximum atomic E-state index is 11.1. The van der Waals surface area contributed by atoms with Gasteiger partial charge < -0.3 is 5.73 Å². The van der Waals surface area contributed by atoms with Crippen molar-refractivity contribution in [3.8, 4) is 11.8 Å². The second-order valence-corrected chi connectivity index (χ2v) is 3.58. The monoisotopic (exact) mass is 219 g/mol. The number of anilines is 1. The highest BCUT2D eigenvalue weighted by atomic mass is 32.1. The van der Waals surface area contributed by atoms with E-state index in [0.717, 1.165) is 17.7 Å². The number of hydrogen-bond acceptors (Lipinski definition) is 3. The summed E-state index contributed by atoms with van der Waals surface area (Å²) < 4.78 is 0. The highest BCUT2D eigenvalue weighted by molar-refractivity contribution is 7.80. The maximum Gasteiger partial charge on any atom is 0.159 e. The minimum Gasteiger partial charge on any atom is -0.398 e. The summed E-state index contributed by atoms with van der Waals surface area (Å²) in [6, 6.07) is 5.17. The Bertz CT molecular complexity index is 429. The summed E-state index contributed by atoms with van der Waals surface area (Å²) in [6.07, 6.45) is 0.733. The van der Waals surface area contributed by atoms with Gasteiger partial charge in [0.1, 0.15) is 0 Å². The van der Waals surface area contributed by atoms with E-state index in [0.29, 0.717) is 11.3 Å². The maximum absolute atomic E-state index is 11.1. The van der Waals surface area contributed by atoms with Gasteiger partial charge in [-0.05, 0) is 19.1 Å². The lowest BCUT2D eigenvalue weighted by molar-refractivity contribution is 0.101. The molecule has 0 heterocycles. The highest BCUT2D eigenvalue weighted by Crippen LogP contribution is 2.13. The van der Waals surface area contributed by atoms with Crippen LogP contribution in [0, 0.1) is 11.8 Å². The predicted molar refractivity (Wildman–Crippen MR) is 66.2 cm³/mol. The van der Waals surface area contributed by atoms with Crippen molar-refractivity contribution < 1.29 is 4.79 Å². The molecule has 0 saturated carbocycles. The van der Waals surface area contributed by atoms with Crippen molar-refractivity contribution in [2.45, 2.75) is 13.3 Å². The minimum absolute atomic E-state index is 0.0107. The quantitative estimate of drug-likeness (QED) is 0.346. The number of rotatable bonds is 2. The Labute approximate surface area is 95.3 Å². The number of nitrogens with two attached hydrogens (primary N) is 1. The topological polar surface area (TPSA) is 43.1 Å². The number of hydrogen-bond donors (Lipinski definition) is 2. The van der Waals surface area contributed by atoms with Crippen molar-refractivity contribution in [1.82, 2.24) is 0 Å². The Balaban J connectivity index is 2.95. The normalized spacial score (nSPS) is 9.20. The van der Waals surface area contributed by atoms with Crippen LogP contribution in [0.15, 0.2) is 18.2 Å². The Morgan fingerprint density at radius 3 is 2.80 bits per heavy atom. The molecule has 0 aromatic heterocycles. The molecule has 0 fully saturated rings. The fourth-order valence-corrected chi connectivity index (χ4v) is 1.22. The zero-order valence-electron chi connectivity index (χ0n) is 8.58. The van der Waals surface area contributed by atoms with Gasteiger partial charge in [0.25, 0.3) is 0 Å². The molecule has 0 unspecified atom stereocenters. The number of thiol groups is 1. The zero-order chi connectivity index (χ0) is 11.3. The van der Waals surface area contributed by atoms with Crippen LogP contribution in [-0.2, 0) is 0 Å². The van der Waals surface area contributed by atoms with Gasteiger partial charge in [0.05, 0.1) is 0 Å². The van der Waals surface area contributed by atoms with Gasteiger partial charge in [-0.3, -0.25) is 4.79 Å². The van der Waals surface area contributed by atoms with E-state index in [9.17, 15) is 4.79 Å². The predicted octanol–water partition coefficient (Wildman–Crippen LogP) is 2.14. The van der Waals surface area contributed by atoms with Crippen molar-refractivity contribution in [3.05, 3.63) is 29.3 Å². The van der Waals surface area contributed by atoms with Crippen LogP contribution < -0.4 is 5.73 Å². The fourth-order valence-electron chi connectivity index (χ4n) is 1.11. The number of Topliss-reactive ketones (excluding diaryl/α,β-unsaturated/α-hetero) is 1. The molecule has 0 atom stereocenters. The van der Waals surface area contributed by atoms with Gasteiger partial charge in [0.2, 0.25) is 0 Å². The minimum atomic E-state index is 0.0107. The summed E-state index contributed by atoms with van der Waals surface area (Å²) in [4.78, 5) is 11.1. The van der Waals surface area contributed by atoms with Gasteiger partial charge >= 0.3 is 0 Å². The molecule has 1 rings (SSSR count). The molecule has 15 heavy (non-hydrogen) atoms. The molecule has 0 aliphatic rings. The summed E-state index contributed by atoms with van der Waals surface area (Å²) in [7, 11) is 0. The zero-order valence-corrected chi connectivity index (χ0v) is 9.47. The van der Waals surface area contributed by atoms with Gasteiger partial charge in [-0.25, -0.2) is 0 Å². The number of carbonyl (C=O) groups excluding carboxylic acids is 1. The Kier molecular flexibility index (Phi) is 4.26. The largest absolute Gasteiger partial charge is 0.398 e. The van der Waals surface area contributed by atoms with Crippen molar-refractivity contribution in [1.29, 1.82) is 0 Å². The lowest BCUT2D eigenvalue weighted by atomic mass is 10.1. The van der Waals surface area contributed by atoms with Crippen LogP contribution in [0.1, 0.15) is 29.3 Å².